The summed E-state index contributed by atoms with van der Waals surface area (Å²) in [5.41, 5.74) is 0.0638. The summed E-state index contributed by atoms with van der Waals surface area (Å²) in [4.78, 5) is 0. The first-order valence-corrected chi connectivity index (χ1v) is 12.9. The molecule has 0 spiro atoms. The molecule has 2 aliphatic carbocycles. The molecule has 25 heavy (non-hydrogen) atoms. The molecule has 2 saturated carbocycles. The minimum absolute atomic E-state index is 0.0109. The highest BCUT2D eigenvalue weighted by molar-refractivity contribution is 7.92. The van der Waals surface area contributed by atoms with Crippen molar-refractivity contribution in [2.75, 3.05) is 5.75 Å². The molecular formula is C22H40O2S. The van der Waals surface area contributed by atoms with E-state index < -0.39 is 9.84 Å². The fraction of sp³-hybridized carbons (Fsp3) is 1.00. The number of unbranched alkanes of at least 4 members (excludes halogenated alkanes) is 1. The van der Waals surface area contributed by atoms with Crippen molar-refractivity contribution in [2.24, 2.45) is 23.2 Å². The molecule has 3 aliphatic rings. The van der Waals surface area contributed by atoms with Crippen molar-refractivity contribution in [3.8, 4) is 0 Å². The Morgan fingerprint density at radius 2 is 1.56 bits per heavy atom. The molecule has 0 bridgehead atoms. The van der Waals surface area contributed by atoms with Crippen LogP contribution in [-0.4, -0.2) is 19.4 Å². The highest BCUT2D eigenvalue weighted by Crippen LogP contribution is 2.52. The zero-order valence-electron chi connectivity index (χ0n) is 16.6. The van der Waals surface area contributed by atoms with Crippen molar-refractivity contribution in [3.63, 3.8) is 0 Å². The van der Waals surface area contributed by atoms with Crippen LogP contribution in [0.3, 0.4) is 0 Å². The van der Waals surface area contributed by atoms with E-state index in [0.29, 0.717) is 17.6 Å². The lowest BCUT2D eigenvalue weighted by atomic mass is 9.63. The number of fused-ring (bicyclic) bond motifs is 1. The first kappa shape index (κ1) is 19.7. The molecule has 0 aromatic heterocycles. The van der Waals surface area contributed by atoms with Crippen LogP contribution in [0.15, 0.2) is 0 Å². The van der Waals surface area contributed by atoms with Gasteiger partial charge < -0.3 is 0 Å². The van der Waals surface area contributed by atoms with Gasteiger partial charge in [-0.25, -0.2) is 8.42 Å². The van der Waals surface area contributed by atoms with E-state index in [4.69, 9.17) is 0 Å². The fourth-order valence-electron chi connectivity index (χ4n) is 6.53. The Labute approximate surface area is 156 Å². The van der Waals surface area contributed by atoms with Crippen molar-refractivity contribution in [1.82, 2.24) is 0 Å². The second kappa shape index (κ2) is 8.31. The maximum Gasteiger partial charge on any atom is 0.153 e. The van der Waals surface area contributed by atoms with Crippen LogP contribution in [0.5, 0.6) is 0 Å². The predicted molar refractivity (Wildman–Crippen MR) is 106 cm³/mol. The summed E-state index contributed by atoms with van der Waals surface area (Å²) in [5.74, 6) is 2.44. The lowest BCUT2D eigenvalue weighted by Crippen LogP contribution is -2.38. The second-order valence-electron chi connectivity index (χ2n) is 9.52. The molecule has 0 radical (unpaired) electrons. The lowest BCUT2D eigenvalue weighted by molar-refractivity contribution is 0.0916. The Balaban J connectivity index is 1.95. The number of hydrogen-bond donors (Lipinski definition) is 0. The normalized spacial score (nSPS) is 39.5. The molecule has 2 nitrogen and oxygen atoms in total. The van der Waals surface area contributed by atoms with Crippen molar-refractivity contribution in [1.29, 1.82) is 0 Å². The monoisotopic (exact) mass is 368 g/mol. The Kier molecular flexibility index (Phi) is 6.55. The van der Waals surface area contributed by atoms with Crippen LogP contribution in [0.1, 0.15) is 104 Å². The third-order valence-electron chi connectivity index (χ3n) is 8.01. The van der Waals surface area contributed by atoms with Crippen LogP contribution in [0.25, 0.3) is 0 Å². The van der Waals surface area contributed by atoms with E-state index in [0.717, 1.165) is 31.6 Å². The van der Waals surface area contributed by atoms with Gasteiger partial charge in [-0.3, -0.25) is 0 Å². The van der Waals surface area contributed by atoms with Gasteiger partial charge in [0.2, 0.25) is 0 Å². The van der Waals surface area contributed by atoms with Gasteiger partial charge in [0.15, 0.2) is 9.84 Å². The van der Waals surface area contributed by atoms with E-state index in [-0.39, 0.29) is 10.7 Å². The summed E-state index contributed by atoms with van der Waals surface area (Å²) < 4.78 is 26.8. The summed E-state index contributed by atoms with van der Waals surface area (Å²) in [6.45, 7) is 4.50. The van der Waals surface area contributed by atoms with Crippen LogP contribution in [0.4, 0.5) is 0 Å². The van der Waals surface area contributed by atoms with Gasteiger partial charge in [0.05, 0.1) is 11.0 Å². The third kappa shape index (κ3) is 4.28. The van der Waals surface area contributed by atoms with E-state index in [9.17, 15) is 8.42 Å². The molecule has 1 saturated heterocycles. The van der Waals surface area contributed by atoms with Crippen LogP contribution < -0.4 is 0 Å². The van der Waals surface area contributed by atoms with Gasteiger partial charge >= 0.3 is 0 Å². The molecule has 0 N–H and O–H groups in total. The molecule has 3 rings (SSSR count). The van der Waals surface area contributed by atoms with Gasteiger partial charge in [-0.15, -0.1) is 0 Å². The van der Waals surface area contributed by atoms with Crippen molar-refractivity contribution >= 4 is 9.84 Å². The van der Waals surface area contributed by atoms with Crippen LogP contribution in [0.2, 0.25) is 0 Å². The molecule has 3 fully saturated rings. The first-order chi connectivity index (χ1) is 12.0. The average Bonchev–Trinajstić information content (AvgIpc) is 2.74. The van der Waals surface area contributed by atoms with Crippen molar-refractivity contribution < 1.29 is 8.42 Å². The number of hydrogen-bond acceptors (Lipinski definition) is 2. The summed E-state index contributed by atoms with van der Waals surface area (Å²) in [5, 5.41) is -0.0109. The maximum atomic E-state index is 13.4. The molecule has 0 aromatic rings. The van der Waals surface area contributed by atoms with Gasteiger partial charge in [0.25, 0.3) is 0 Å². The summed E-state index contributed by atoms with van der Waals surface area (Å²) >= 11 is 0. The Hall–Kier alpha value is -0.0500. The van der Waals surface area contributed by atoms with E-state index in [1.807, 2.05) is 0 Å². The molecule has 1 aliphatic heterocycles. The van der Waals surface area contributed by atoms with Crippen molar-refractivity contribution in [2.45, 2.75) is 109 Å². The van der Waals surface area contributed by atoms with Crippen LogP contribution in [0, 0.1) is 23.2 Å². The minimum atomic E-state index is -2.94. The second-order valence-corrected chi connectivity index (χ2v) is 11.7. The summed E-state index contributed by atoms with van der Waals surface area (Å²) in [6, 6.07) is 0. The average molecular weight is 369 g/mol. The van der Waals surface area contributed by atoms with Gasteiger partial charge in [-0.05, 0) is 55.3 Å². The van der Waals surface area contributed by atoms with Crippen LogP contribution in [-0.2, 0) is 9.84 Å². The summed E-state index contributed by atoms with van der Waals surface area (Å²) in [6.07, 6.45) is 17.1. The molecule has 0 amide bonds. The van der Waals surface area contributed by atoms with Crippen LogP contribution >= 0.6 is 0 Å². The zero-order chi connectivity index (χ0) is 17.9. The highest BCUT2D eigenvalue weighted by Gasteiger charge is 2.50. The Bertz CT molecular complexity index is 520. The molecule has 0 aromatic carbocycles. The van der Waals surface area contributed by atoms with E-state index in [2.05, 4.69) is 13.8 Å². The minimum Gasteiger partial charge on any atom is -0.229 e. The SMILES string of the molecule is CCCC[C@@]1(CC)CC(C2CCCCC2)C2CCCCC2S(=O)(=O)C1. The third-order valence-corrected chi connectivity index (χ3v) is 10.5. The molecule has 1 heterocycles. The molecule has 146 valence electrons. The molecule has 4 atom stereocenters. The smallest absolute Gasteiger partial charge is 0.153 e. The first-order valence-electron chi connectivity index (χ1n) is 11.2. The van der Waals surface area contributed by atoms with E-state index in [1.165, 1.54) is 64.2 Å². The number of rotatable bonds is 5. The van der Waals surface area contributed by atoms with Crippen molar-refractivity contribution in [3.05, 3.63) is 0 Å². The Morgan fingerprint density at radius 3 is 2.24 bits per heavy atom. The standard InChI is InChI=1S/C22H40O2S/c1-3-5-15-22(4-2)16-20(18-11-7-6-8-12-18)19-13-9-10-14-21(19)25(23,24)17-22/h18-21H,3-17H2,1-2H3/t19?,20?,21?,22-/m0/s1. The van der Waals surface area contributed by atoms with Gasteiger partial charge in [-0.1, -0.05) is 71.6 Å². The molecule has 3 heteroatoms. The molecular weight excluding hydrogens is 328 g/mol. The molecule has 3 unspecified atom stereocenters. The van der Waals surface area contributed by atoms with Gasteiger partial charge in [0.1, 0.15) is 0 Å². The maximum absolute atomic E-state index is 13.4. The summed E-state index contributed by atoms with van der Waals surface area (Å²) in [7, 11) is -2.94. The topological polar surface area (TPSA) is 34.1 Å². The lowest BCUT2D eigenvalue weighted by Gasteiger charge is -2.42. The van der Waals surface area contributed by atoms with E-state index in [1.54, 1.807) is 0 Å². The fourth-order valence-corrected chi connectivity index (χ4v) is 9.46. The zero-order valence-corrected chi connectivity index (χ0v) is 17.5. The van der Waals surface area contributed by atoms with E-state index >= 15 is 0 Å². The Morgan fingerprint density at radius 1 is 0.880 bits per heavy atom. The quantitative estimate of drug-likeness (QED) is 0.583. The largest absolute Gasteiger partial charge is 0.229 e. The highest BCUT2D eigenvalue weighted by atomic mass is 32.2. The van der Waals surface area contributed by atoms with Gasteiger partial charge in [0, 0.05) is 0 Å². The van der Waals surface area contributed by atoms with Gasteiger partial charge in [-0.2, -0.15) is 0 Å². The predicted octanol–water partition coefficient (Wildman–Crippen LogP) is 6.15. The number of sulfone groups is 1.